The number of thioether (sulfide) groups is 1. The van der Waals surface area contributed by atoms with Crippen molar-refractivity contribution in [2.24, 2.45) is 13.0 Å². The van der Waals surface area contributed by atoms with Crippen molar-refractivity contribution < 1.29 is 4.79 Å². The van der Waals surface area contributed by atoms with Crippen LogP contribution in [0.15, 0.2) is 29.4 Å². The summed E-state index contributed by atoms with van der Waals surface area (Å²) in [4.78, 5) is 12.2. The van der Waals surface area contributed by atoms with E-state index in [9.17, 15) is 10.1 Å². The van der Waals surface area contributed by atoms with Crippen molar-refractivity contribution in [2.75, 3.05) is 5.75 Å². The van der Waals surface area contributed by atoms with Gasteiger partial charge in [0, 0.05) is 12.6 Å². The van der Waals surface area contributed by atoms with Gasteiger partial charge in [0.15, 0.2) is 11.0 Å². The third-order valence-corrected chi connectivity index (χ3v) is 5.42. The summed E-state index contributed by atoms with van der Waals surface area (Å²) in [5, 5.41) is 21.6. The van der Waals surface area contributed by atoms with Crippen LogP contribution in [0.5, 0.6) is 0 Å². The number of aromatic nitrogens is 3. The van der Waals surface area contributed by atoms with Crippen molar-refractivity contribution in [1.82, 2.24) is 20.1 Å². The molecule has 1 amide bonds. The number of halogens is 1. The minimum absolute atomic E-state index is 0.00750. The van der Waals surface area contributed by atoms with Crippen molar-refractivity contribution in [2.45, 2.75) is 31.5 Å². The first-order valence-electron chi connectivity index (χ1n) is 7.78. The Balaban J connectivity index is 2.07. The molecule has 1 aromatic heterocycles. The lowest BCUT2D eigenvalue weighted by atomic mass is 9.90. The highest BCUT2D eigenvalue weighted by Crippen LogP contribution is 2.28. The zero-order chi connectivity index (χ0) is 18.6. The molecular weight excluding hydrogens is 358 g/mol. The van der Waals surface area contributed by atoms with E-state index in [4.69, 9.17) is 11.6 Å². The van der Waals surface area contributed by atoms with E-state index in [0.29, 0.717) is 16.0 Å². The van der Waals surface area contributed by atoms with Crippen LogP contribution in [0.3, 0.4) is 0 Å². The fraction of sp³-hybridized carbons (Fsp3) is 0.412. The second-order valence-corrected chi connectivity index (χ2v) is 7.50. The zero-order valence-corrected chi connectivity index (χ0v) is 16.1. The molecule has 2 aromatic rings. The Morgan fingerprint density at radius 1 is 1.44 bits per heavy atom. The Labute approximate surface area is 156 Å². The first kappa shape index (κ1) is 19.3. The molecule has 6 nitrogen and oxygen atoms in total. The number of benzene rings is 1. The molecule has 0 aliphatic carbocycles. The molecular formula is C17H20ClN5OS. The van der Waals surface area contributed by atoms with E-state index in [1.54, 1.807) is 17.6 Å². The number of hydrogen-bond donors (Lipinski definition) is 1. The summed E-state index contributed by atoms with van der Waals surface area (Å²) >= 11 is 7.47. The molecule has 8 heteroatoms. The fourth-order valence-electron chi connectivity index (χ4n) is 2.07. The number of hydrogen-bond acceptors (Lipinski definition) is 5. The Morgan fingerprint density at radius 3 is 2.72 bits per heavy atom. The second kappa shape index (κ2) is 7.89. The Kier molecular flexibility index (Phi) is 6.09. The summed E-state index contributed by atoms with van der Waals surface area (Å²) in [6.45, 7) is 5.52. The highest BCUT2D eigenvalue weighted by molar-refractivity contribution is 7.99. The first-order valence-corrected chi connectivity index (χ1v) is 9.14. The van der Waals surface area contributed by atoms with E-state index < -0.39 is 5.54 Å². The number of nitriles is 1. The molecule has 1 aromatic carbocycles. The van der Waals surface area contributed by atoms with Crippen LogP contribution in [0.25, 0.3) is 11.4 Å². The minimum Gasteiger partial charge on any atom is -0.337 e. The standard InChI is InChI=1S/C17H20ClN5OS/c1-11(2)17(3,10-19)20-14(24)9-25-16-22-21-15(23(16)4)12-7-5-6-8-13(12)18/h5-8,11H,9H2,1-4H3,(H,20,24). The van der Waals surface area contributed by atoms with Gasteiger partial charge in [0.25, 0.3) is 0 Å². The molecule has 1 atom stereocenters. The molecule has 1 heterocycles. The average molecular weight is 378 g/mol. The topological polar surface area (TPSA) is 83.6 Å². The summed E-state index contributed by atoms with van der Waals surface area (Å²) in [7, 11) is 1.83. The van der Waals surface area contributed by atoms with Gasteiger partial charge in [-0.2, -0.15) is 5.26 Å². The SMILES string of the molecule is CC(C)C(C)(C#N)NC(=O)CSc1nnc(-c2ccccc2Cl)n1C. The highest BCUT2D eigenvalue weighted by atomic mass is 35.5. The maximum Gasteiger partial charge on any atom is 0.231 e. The van der Waals surface area contributed by atoms with E-state index in [0.717, 1.165) is 5.56 Å². The number of carbonyl (C=O) groups is 1. The van der Waals surface area contributed by atoms with Gasteiger partial charge in [0.2, 0.25) is 5.91 Å². The second-order valence-electron chi connectivity index (χ2n) is 6.15. The summed E-state index contributed by atoms with van der Waals surface area (Å²) in [5.41, 5.74) is -0.104. The predicted octanol–water partition coefficient (Wildman–Crippen LogP) is 3.28. The smallest absolute Gasteiger partial charge is 0.231 e. The van der Waals surface area contributed by atoms with Gasteiger partial charge in [-0.1, -0.05) is 49.3 Å². The van der Waals surface area contributed by atoms with Crippen LogP contribution in [0.1, 0.15) is 20.8 Å². The Hall–Kier alpha value is -2.04. The zero-order valence-electron chi connectivity index (χ0n) is 14.6. The first-order chi connectivity index (χ1) is 11.8. The van der Waals surface area contributed by atoms with Crippen LogP contribution < -0.4 is 5.32 Å². The van der Waals surface area contributed by atoms with E-state index in [1.807, 2.05) is 39.1 Å². The fourth-order valence-corrected chi connectivity index (χ4v) is 3.01. The molecule has 0 bridgehead atoms. The molecule has 1 unspecified atom stereocenters. The molecule has 0 aliphatic heterocycles. The van der Waals surface area contributed by atoms with E-state index >= 15 is 0 Å². The molecule has 0 saturated carbocycles. The van der Waals surface area contributed by atoms with Crippen LogP contribution in [0.2, 0.25) is 5.02 Å². The molecule has 2 rings (SSSR count). The van der Waals surface area contributed by atoms with Gasteiger partial charge >= 0.3 is 0 Å². The molecule has 132 valence electrons. The molecule has 0 aliphatic rings. The van der Waals surface area contributed by atoms with Crippen molar-refractivity contribution >= 4 is 29.3 Å². The maximum atomic E-state index is 12.2. The van der Waals surface area contributed by atoms with Crippen molar-refractivity contribution in [3.8, 4) is 17.5 Å². The largest absolute Gasteiger partial charge is 0.337 e. The van der Waals surface area contributed by atoms with Crippen molar-refractivity contribution in [1.29, 1.82) is 5.26 Å². The summed E-state index contributed by atoms with van der Waals surface area (Å²) in [5.74, 6) is 0.578. The summed E-state index contributed by atoms with van der Waals surface area (Å²) in [6.07, 6.45) is 0. The molecule has 0 fully saturated rings. The predicted molar refractivity (Wildman–Crippen MR) is 99.2 cm³/mol. The summed E-state index contributed by atoms with van der Waals surface area (Å²) < 4.78 is 1.80. The van der Waals surface area contributed by atoms with E-state index in [-0.39, 0.29) is 17.6 Å². The summed E-state index contributed by atoms with van der Waals surface area (Å²) in [6, 6.07) is 9.55. The van der Waals surface area contributed by atoms with Gasteiger partial charge in [-0.15, -0.1) is 10.2 Å². The van der Waals surface area contributed by atoms with E-state index in [2.05, 4.69) is 21.6 Å². The molecule has 1 N–H and O–H groups in total. The lowest BCUT2D eigenvalue weighted by molar-refractivity contribution is -0.120. The Bertz CT molecular complexity index is 814. The number of amides is 1. The lowest BCUT2D eigenvalue weighted by Gasteiger charge is -2.27. The number of nitrogens with one attached hydrogen (secondary N) is 1. The van der Waals surface area contributed by atoms with Gasteiger partial charge in [-0.25, -0.2) is 0 Å². The Morgan fingerprint density at radius 2 is 2.12 bits per heavy atom. The number of carbonyl (C=O) groups excluding carboxylic acids is 1. The molecule has 0 spiro atoms. The van der Waals surface area contributed by atoms with E-state index in [1.165, 1.54) is 11.8 Å². The average Bonchev–Trinajstić information content (AvgIpc) is 2.94. The van der Waals surface area contributed by atoms with Crippen LogP contribution in [-0.4, -0.2) is 32.0 Å². The lowest BCUT2D eigenvalue weighted by Crippen LogP contribution is -2.49. The normalized spacial score (nSPS) is 13.3. The van der Waals surface area contributed by atoms with Gasteiger partial charge in [0.05, 0.1) is 16.8 Å². The molecule has 25 heavy (non-hydrogen) atoms. The monoisotopic (exact) mass is 377 g/mol. The van der Waals surface area contributed by atoms with Crippen LogP contribution in [-0.2, 0) is 11.8 Å². The highest BCUT2D eigenvalue weighted by Gasteiger charge is 2.30. The van der Waals surface area contributed by atoms with Gasteiger partial charge < -0.3 is 9.88 Å². The van der Waals surface area contributed by atoms with Gasteiger partial charge in [-0.3, -0.25) is 4.79 Å². The minimum atomic E-state index is -0.889. The van der Waals surface area contributed by atoms with Gasteiger partial charge in [-0.05, 0) is 25.0 Å². The van der Waals surface area contributed by atoms with Crippen molar-refractivity contribution in [3.63, 3.8) is 0 Å². The van der Waals surface area contributed by atoms with Crippen LogP contribution in [0, 0.1) is 17.2 Å². The third kappa shape index (κ3) is 4.33. The molecule has 0 radical (unpaired) electrons. The third-order valence-electron chi connectivity index (χ3n) is 4.07. The van der Waals surface area contributed by atoms with Crippen LogP contribution in [0.4, 0.5) is 0 Å². The number of rotatable bonds is 6. The van der Waals surface area contributed by atoms with Crippen molar-refractivity contribution in [3.05, 3.63) is 29.3 Å². The molecule has 0 saturated heterocycles. The quantitative estimate of drug-likeness (QED) is 0.781. The van der Waals surface area contributed by atoms with Crippen LogP contribution >= 0.6 is 23.4 Å². The number of nitrogens with zero attached hydrogens (tertiary/aromatic N) is 4. The van der Waals surface area contributed by atoms with Gasteiger partial charge in [0.1, 0.15) is 5.54 Å². The maximum absolute atomic E-state index is 12.2.